The Kier molecular flexibility index (Phi) is 3.53. The molecular formula is C21H17NO3. The molecule has 25 heavy (non-hydrogen) atoms. The van der Waals surface area contributed by atoms with Crippen molar-refractivity contribution in [2.24, 2.45) is 0 Å². The van der Waals surface area contributed by atoms with Gasteiger partial charge in [0.1, 0.15) is 0 Å². The molecule has 0 saturated carbocycles. The average Bonchev–Trinajstić information content (AvgIpc) is 2.62. The molecule has 1 aliphatic heterocycles. The summed E-state index contributed by atoms with van der Waals surface area (Å²) in [5, 5.41) is 4.92. The number of amides is 1. The molecule has 0 fully saturated rings. The molecule has 3 aromatic rings. The number of rotatable bonds is 2. The predicted octanol–water partition coefficient (Wildman–Crippen LogP) is 3.95. The fraction of sp³-hybridized carbons (Fsp3) is 0.143. The van der Waals surface area contributed by atoms with Crippen LogP contribution in [0.15, 0.2) is 66.7 Å². The van der Waals surface area contributed by atoms with Gasteiger partial charge >= 0.3 is 5.97 Å². The second kappa shape index (κ2) is 5.74. The lowest BCUT2D eigenvalue weighted by Crippen LogP contribution is -2.48. The van der Waals surface area contributed by atoms with Crippen molar-refractivity contribution in [3.63, 3.8) is 0 Å². The minimum absolute atomic E-state index is 0.327. The maximum Gasteiger partial charge on any atom is 0.339 e. The number of fused-ring (bicyclic) bond motifs is 2. The highest BCUT2D eigenvalue weighted by atomic mass is 16.6. The van der Waals surface area contributed by atoms with E-state index in [0.29, 0.717) is 17.7 Å². The van der Waals surface area contributed by atoms with Gasteiger partial charge in [0.2, 0.25) is 0 Å². The first-order valence-corrected chi connectivity index (χ1v) is 8.17. The maximum absolute atomic E-state index is 12.9. The second-order valence-electron chi connectivity index (χ2n) is 6.44. The first kappa shape index (κ1) is 15.4. The van der Waals surface area contributed by atoms with Crippen LogP contribution < -0.4 is 5.32 Å². The Hall–Kier alpha value is -3.14. The highest BCUT2D eigenvalue weighted by Gasteiger charge is 2.42. The van der Waals surface area contributed by atoms with E-state index in [1.165, 1.54) is 0 Å². The van der Waals surface area contributed by atoms with E-state index in [-0.39, 0.29) is 5.91 Å². The third-order valence-electron chi connectivity index (χ3n) is 4.60. The molecule has 3 aromatic carbocycles. The summed E-state index contributed by atoms with van der Waals surface area (Å²) < 4.78 is 5.50. The molecule has 4 rings (SSSR count). The molecule has 0 radical (unpaired) electrons. The van der Waals surface area contributed by atoms with E-state index in [1.54, 1.807) is 19.1 Å². The van der Waals surface area contributed by atoms with Gasteiger partial charge in [-0.2, -0.15) is 0 Å². The largest absolute Gasteiger partial charge is 0.445 e. The van der Waals surface area contributed by atoms with Gasteiger partial charge in [-0.05, 0) is 30.0 Å². The van der Waals surface area contributed by atoms with E-state index < -0.39 is 11.6 Å². The SMILES string of the molecule is CC1(C(=O)Nc2cccc3ccccc23)Cc2ccccc2C(=O)O1. The van der Waals surface area contributed by atoms with Crippen LogP contribution in [0.3, 0.4) is 0 Å². The van der Waals surface area contributed by atoms with E-state index in [2.05, 4.69) is 5.32 Å². The zero-order valence-corrected chi connectivity index (χ0v) is 13.8. The van der Waals surface area contributed by atoms with Crippen molar-refractivity contribution in [2.75, 3.05) is 5.32 Å². The Morgan fingerprint density at radius 1 is 1.00 bits per heavy atom. The zero-order valence-electron chi connectivity index (χ0n) is 13.8. The minimum Gasteiger partial charge on any atom is -0.445 e. The lowest BCUT2D eigenvalue weighted by Gasteiger charge is -2.33. The number of carbonyl (C=O) groups is 2. The molecule has 0 saturated heterocycles. The minimum atomic E-state index is -1.23. The number of hydrogen-bond acceptors (Lipinski definition) is 3. The second-order valence-corrected chi connectivity index (χ2v) is 6.44. The molecule has 0 bridgehead atoms. The number of nitrogens with one attached hydrogen (secondary N) is 1. The molecular weight excluding hydrogens is 314 g/mol. The number of anilines is 1. The van der Waals surface area contributed by atoms with Crippen LogP contribution in [0.4, 0.5) is 5.69 Å². The molecule has 1 heterocycles. The Morgan fingerprint density at radius 2 is 1.72 bits per heavy atom. The number of hydrogen-bond donors (Lipinski definition) is 1. The maximum atomic E-state index is 12.9. The van der Waals surface area contributed by atoms with Gasteiger partial charge in [-0.25, -0.2) is 4.79 Å². The average molecular weight is 331 g/mol. The molecule has 4 heteroatoms. The summed E-state index contributed by atoms with van der Waals surface area (Å²) in [5.74, 6) is -0.788. The summed E-state index contributed by atoms with van der Waals surface area (Å²) in [5.41, 5.74) is 0.828. The highest BCUT2D eigenvalue weighted by molar-refractivity contribution is 6.07. The topological polar surface area (TPSA) is 55.4 Å². The molecule has 0 spiro atoms. The lowest BCUT2D eigenvalue weighted by molar-refractivity contribution is -0.134. The Bertz CT molecular complexity index is 990. The van der Waals surface area contributed by atoms with Crippen LogP contribution in [0.5, 0.6) is 0 Å². The van der Waals surface area contributed by atoms with Gasteiger partial charge in [0.15, 0.2) is 5.60 Å². The molecule has 1 atom stereocenters. The third-order valence-corrected chi connectivity index (χ3v) is 4.60. The summed E-state index contributed by atoms with van der Waals surface area (Å²) in [6, 6.07) is 20.8. The van der Waals surface area contributed by atoms with Crippen molar-refractivity contribution < 1.29 is 14.3 Å². The van der Waals surface area contributed by atoms with Crippen molar-refractivity contribution in [1.29, 1.82) is 0 Å². The predicted molar refractivity (Wildman–Crippen MR) is 96.5 cm³/mol. The highest BCUT2D eigenvalue weighted by Crippen LogP contribution is 2.30. The van der Waals surface area contributed by atoms with Gasteiger partial charge in [0.25, 0.3) is 5.91 Å². The Morgan fingerprint density at radius 3 is 2.60 bits per heavy atom. The Labute approximate surface area is 145 Å². The van der Waals surface area contributed by atoms with Crippen molar-refractivity contribution in [3.8, 4) is 0 Å². The third kappa shape index (κ3) is 2.66. The quantitative estimate of drug-likeness (QED) is 0.723. The van der Waals surface area contributed by atoms with Crippen LogP contribution in [-0.4, -0.2) is 17.5 Å². The van der Waals surface area contributed by atoms with Gasteiger partial charge in [0, 0.05) is 17.5 Å². The number of ether oxygens (including phenoxy) is 1. The van der Waals surface area contributed by atoms with Crippen molar-refractivity contribution in [1.82, 2.24) is 0 Å². The summed E-state index contributed by atoms with van der Waals surface area (Å²) in [6.07, 6.45) is 0.353. The van der Waals surface area contributed by atoms with E-state index >= 15 is 0 Å². The first-order valence-electron chi connectivity index (χ1n) is 8.17. The fourth-order valence-electron chi connectivity index (χ4n) is 3.25. The first-order chi connectivity index (χ1) is 12.1. The van der Waals surface area contributed by atoms with Crippen molar-refractivity contribution >= 4 is 28.3 Å². The fourth-order valence-corrected chi connectivity index (χ4v) is 3.25. The number of carbonyl (C=O) groups excluding carboxylic acids is 2. The summed E-state index contributed by atoms with van der Waals surface area (Å²) in [7, 11) is 0. The molecule has 1 aliphatic rings. The standard InChI is InChI=1S/C21H17NO3/c1-21(13-15-8-3-5-11-17(15)19(23)25-21)20(24)22-18-12-6-9-14-7-2-4-10-16(14)18/h2-12H,13H2,1H3,(H,22,24). The summed E-state index contributed by atoms with van der Waals surface area (Å²) >= 11 is 0. The van der Waals surface area contributed by atoms with Crippen LogP contribution in [0.1, 0.15) is 22.8 Å². The molecule has 124 valence electrons. The zero-order chi connectivity index (χ0) is 17.4. The van der Waals surface area contributed by atoms with Crippen LogP contribution in [0.2, 0.25) is 0 Å². The number of benzene rings is 3. The molecule has 1 unspecified atom stereocenters. The molecule has 1 N–H and O–H groups in total. The van der Waals surface area contributed by atoms with Crippen molar-refractivity contribution in [2.45, 2.75) is 18.9 Å². The van der Waals surface area contributed by atoms with E-state index in [4.69, 9.17) is 4.74 Å². The summed E-state index contributed by atoms with van der Waals surface area (Å²) in [6.45, 7) is 1.65. The van der Waals surface area contributed by atoms with Crippen LogP contribution >= 0.6 is 0 Å². The molecule has 0 aromatic heterocycles. The van der Waals surface area contributed by atoms with Crippen LogP contribution in [0.25, 0.3) is 10.8 Å². The van der Waals surface area contributed by atoms with Crippen molar-refractivity contribution in [3.05, 3.63) is 77.9 Å². The molecule has 0 aliphatic carbocycles. The smallest absolute Gasteiger partial charge is 0.339 e. The van der Waals surface area contributed by atoms with Crippen LogP contribution in [-0.2, 0) is 16.0 Å². The summed E-state index contributed by atoms with van der Waals surface area (Å²) in [4.78, 5) is 25.2. The Balaban J connectivity index is 1.66. The molecule has 4 nitrogen and oxygen atoms in total. The van der Waals surface area contributed by atoms with Gasteiger partial charge in [-0.15, -0.1) is 0 Å². The molecule has 1 amide bonds. The van der Waals surface area contributed by atoms with E-state index in [1.807, 2.05) is 54.6 Å². The normalized spacial score (nSPS) is 19.2. The van der Waals surface area contributed by atoms with E-state index in [9.17, 15) is 9.59 Å². The number of cyclic esters (lactones) is 1. The van der Waals surface area contributed by atoms with Gasteiger partial charge in [0.05, 0.1) is 5.56 Å². The van der Waals surface area contributed by atoms with Crippen LogP contribution in [0, 0.1) is 0 Å². The van der Waals surface area contributed by atoms with Gasteiger partial charge < -0.3 is 10.1 Å². The van der Waals surface area contributed by atoms with E-state index in [0.717, 1.165) is 16.3 Å². The van der Waals surface area contributed by atoms with Gasteiger partial charge in [-0.1, -0.05) is 54.6 Å². The lowest BCUT2D eigenvalue weighted by atomic mass is 9.89. The number of esters is 1. The monoisotopic (exact) mass is 331 g/mol. The van der Waals surface area contributed by atoms with Gasteiger partial charge in [-0.3, -0.25) is 4.79 Å².